The molecule has 3 aliphatic rings. The van der Waals surface area contributed by atoms with Gasteiger partial charge in [0.15, 0.2) is 0 Å². The van der Waals surface area contributed by atoms with Crippen molar-refractivity contribution in [1.82, 2.24) is 0 Å². The summed E-state index contributed by atoms with van der Waals surface area (Å²) in [5.41, 5.74) is 3.86. The molecule has 16 heavy (non-hydrogen) atoms. The highest BCUT2D eigenvalue weighted by Crippen LogP contribution is 2.63. The van der Waals surface area contributed by atoms with Crippen molar-refractivity contribution < 1.29 is 5.11 Å². The quantitative estimate of drug-likeness (QED) is 0.619. The summed E-state index contributed by atoms with van der Waals surface area (Å²) in [6.45, 7) is 9.19. The fraction of sp³-hybridized carbons (Fsp3) is 0.867. The maximum Gasteiger partial charge on any atom is 0.0659 e. The summed E-state index contributed by atoms with van der Waals surface area (Å²) in [4.78, 5) is 0. The molecule has 0 aromatic carbocycles. The highest BCUT2D eigenvalue weighted by atomic mass is 16.3. The van der Waals surface area contributed by atoms with Crippen LogP contribution in [0, 0.1) is 22.7 Å². The molecule has 0 spiro atoms. The predicted octanol–water partition coefficient (Wildman–Crippen LogP) is 3.53. The first-order valence-electron chi connectivity index (χ1n) is 6.73. The van der Waals surface area contributed by atoms with Crippen molar-refractivity contribution in [3.8, 4) is 0 Å². The fourth-order valence-electron chi connectivity index (χ4n) is 4.81. The van der Waals surface area contributed by atoms with Crippen LogP contribution in [0.5, 0.6) is 0 Å². The van der Waals surface area contributed by atoms with Crippen molar-refractivity contribution >= 4 is 0 Å². The van der Waals surface area contributed by atoms with E-state index in [2.05, 4.69) is 27.7 Å². The Morgan fingerprint density at radius 3 is 2.44 bits per heavy atom. The minimum atomic E-state index is -0.116. The summed E-state index contributed by atoms with van der Waals surface area (Å²) in [5, 5.41) is 10.5. The van der Waals surface area contributed by atoms with E-state index in [9.17, 15) is 5.11 Å². The molecule has 2 saturated carbocycles. The van der Waals surface area contributed by atoms with Gasteiger partial charge in [-0.15, -0.1) is 0 Å². The lowest BCUT2D eigenvalue weighted by molar-refractivity contribution is 0.0452. The molecule has 0 saturated heterocycles. The first kappa shape index (κ1) is 10.8. The number of aliphatic hydroxyl groups excluding tert-OH is 1. The van der Waals surface area contributed by atoms with Crippen LogP contribution >= 0.6 is 0 Å². The van der Waals surface area contributed by atoms with Crippen molar-refractivity contribution in [2.45, 2.75) is 59.5 Å². The fourth-order valence-corrected chi connectivity index (χ4v) is 4.81. The zero-order chi connectivity index (χ0) is 11.7. The molecule has 0 heterocycles. The molecular formula is C15H24O. The SMILES string of the molecule is CC1=C2CC[C@@]2(C)C[C@@H]2CC(C)(C)[C@@H](O)[C@H]12. The molecule has 0 aliphatic heterocycles. The number of hydrogen-bond acceptors (Lipinski definition) is 1. The van der Waals surface area contributed by atoms with Crippen LogP contribution in [0.25, 0.3) is 0 Å². The Kier molecular flexibility index (Phi) is 1.98. The van der Waals surface area contributed by atoms with E-state index in [1.165, 1.54) is 25.7 Å². The van der Waals surface area contributed by atoms with Gasteiger partial charge in [0, 0.05) is 5.92 Å². The number of hydrogen-bond donors (Lipinski definition) is 1. The highest BCUT2D eigenvalue weighted by Gasteiger charge is 2.55. The van der Waals surface area contributed by atoms with E-state index in [0.717, 1.165) is 5.92 Å². The molecule has 0 bridgehead atoms. The Morgan fingerprint density at radius 1 is 1.19 bits per heavy atom. The van der Waals surface area contributed by atoms with E-state index in [0.29, 0.717) is 11.3 Å². The second kappa shape index (κ2) is 2.93. The lowest BCUT2D eigenvalue weighted by Crippen LogP contribution is -2.41. The maximum atomic E-state index is 10.5. The smallest absolute Gasteiger partial charge is 0.0659 e. The zero-order valence-corrected chi connectivity index (χ0v) is 11.0. The van der Waals surface area contributed by atoms with E-state index in [4.69, 9.17) is 0 Å². The first-order valence-corrected chi connectivity index (χ1v) is 6.73. The van der Waals surface area contributed by atoms with Gasteiger partial charge >= 0.3 is 0 Å². The molecular weight excluding hydrogens is 196 g/mol. The van der Waals surface area contributed by atoms with Crippen molar-refractivity contribution in [2.75, 3.05) is 0 Å². The molecule has 1 nitrogen and oxygen atoms in total. The minimum absolute atomic E-state index is 0.116. The van der Waals surface area contributed by atoms with Gasteiger partial charge in [0.1, 0.15) is 0 Å². The number of allylic oxidation sites excluding steroid dienone is 1. The zero-order valence-electron chi connectivity index (χ0n) is 11.0. The largest absolute Gasteiger partial charge is 0.392 e. The normalized spacial score (nSPS) is 49.7. The second-order valence-electron chi connectivity index (χ2n) is 7.35. The van der Waals surface area contributed by atoms with Gasteiger partial charge in [0.25, 0.3) is 0 Å². The Balaban J connectivity index is 2.02. The summed E-state index contributed by atoms with van der Waals surface area (Å²) >= 11 is 0. The number of aliphatic hydroxyl groups is 1. The lowest BCUT2D eigenvalue weighted by Gasteiger charge is -2.51. The predicted molar refractivity (Wildman–Crippen MR) is 66.0 cm³/mol. The Bertz CT molecular complexity index is 366. The molecule has 1 N–H and O–H groups in total. The van der Waals surface area contributed by atoms with Crippen LogP contribution in [0.4, 0.5) is 0 Å². The van der Waals surface area contributed by atoms with Crippen LogP contribution in [0.15, 0.2) is 11.1 Å². The maximum absolute atomic E-state index is 10.5. The Labute approximate surface area is 98.9 Å². The standard InChI is InChI=1S/C15H24O/c1-9-11-5-6-15(11,4)8-10-7-14(2,3)13(16)12(9)10/h10,12-13,16H,5-8H2,1-4H3/t10-,12+,13-,15-/m0/s1. The van der Waals surface area contributed by atoms with E-state index < -0.39 is 0 Å². The summed E-state index contributed by atoms with van der Waals surface area (Å²) in [6, 6.07) is 0. The first-order chi connectivity index (χ1) is 7.35. The van der Waals surface area contributed by atoms with Gasteiger partial charge in [0.2, 0.25) is 0 Å². The van der Waals surface area contributed by atoms with Crippen LogP contribution in [-0.4, -0.2) is 11.2 Å². The van der Waals surface area contributed by atoms with Crippen molar-refractivity contribution in [1.29, 1.82) is 0 Å². The van der Waals surface area contributed by atoms with Gasteiger partial charge in [-0.25, -0.2) is 0 Å². The monoisotopic (exact) mass is 220 g/mol. The molecule has 0 unspecified atom stereocenters. The van der Waals surface area contributed by atoms with E-state index in [-0.39, 0.29) is 11.5 Å². The molecule has 4 atom stereocenters. The summed E-state index contributed by atoms with van der Waals surface area (Å²) < 4.78 is 0. The van der Waals surface area contributed by atoms with Crippen molar-refractivity contribution in [3.05, 3.63) is 11.1 Å². The molecule has 0 radical (unpaired) electrons. The molecule has 0 amide bonds. The molecule has 2 fully saturated rings. The van der Waals surface area contributed by atoms with Crippen LogP contribution < -0.4 is 0 Å². The Morgan fingerprint density at radius 2 is 1.88 bits per heavy atom. The van der Waals surface area contributed by atoms with Gasteiger partial charge in [0.05, 0.1) is 6.10 Å². The van der Waals surface area contributed by atoms with Gasteiger partial charge in [-0.3, -0.25) is 0 Å². The van der Waals surface area contributed by atoms with Crippen LogP contribution in [0.2, 0.25) is 0 Å². The van der Waals surface area contributed by atoms with Crippen molar-refractivity contribution in [2.24, 2.45) is 22.7 Å². The highest BCUT2D eigenvalue weighted by molar-refractivity contribution is 5.35. The molecule has 0 aromatic rings. The van der Waals surface area contributed by atoms with Crippen LogP contribution in [0.3, 0.4) is 0 Å². The summed E-state index contributed by atoms with van der Waals surface area (Å²) in [5.74, 6) is 1.21. The number of rotatable bonds is 0. The third-order valence-electron chi connectivity index (χ3n) is 5.78. The third-order valence-corrected chi connectivity index (χ3v) is 5.78. The molecule has 0 aromatic heterocycles. The van der Waals surface area contributed by atoms with Gasteiger partial charge in [-0.2, -0.15) is 0 Å². The van der Waals surface area contributed by atoms with E-state index in [1.54, 1.807) is 11.1 Å². The van der Waals surface area contributed by atoms with Gasteiger partial charge in [-0.1, -0.05) is 31.9 Å². The molecule has 3 rings (SSSR count). The summed E-state index contributed by atoms with van der Waals surface area (Å²) in [6.07, 6.45) is 5.08. The van der Waals surface area contributed by atoms with Crippen LogP contribution in [-0.2, 0) is 0 Å². The molecule has 3 aliphatic carbocycles. The van der Waals surface area contributed by atoms with E-state index >= 15 is 0 Å². The molecule has 1 heteroatoms. The average molecular weight is 220 g/mol. The van der Waals surface area contributed by atoms with Crippen molar-refractivity contribution in [3.63, 3.8) is 0 Å². The molecule has 90 valence electrons. The average Bonchev–Trinajstić information content (AvgIpc) is 2.34. The minimum Gasteiger partial charge on any atom is -0.392 e. The summed E-state index contributed by atoms with van der Waals surface area (Å²) in [7, 11) is 0. The van der Waals surface area contributed by atoms with E-state index in [1.807, 2.05) is 0 Å². The second-order valence-corrected chi connectivity index (χ2v) is 7.35. The Hall–Kier alpha value is -0.300. The third kappa shape index (κ3) is 1.16. The topological polar surface area (TPSA) is 20.2 Å². The lowest BCUT2D eigenvalue weighted by atomic mass is 9.54. The van der Waals surface area contributed by atoms with Gasteiger partial charge < -0.3 is 5.11 Å². The van der Waals surface area contributed by atoms with Crippen LogP contribution in [0.1, 0.15) is 53.4 Å². The number of fused-ring (bicyclic) bond motifs is 2. The van der Waals surface area contributed by atoms with Gasteiger partial charge in [-0.05, 0) is 49.4 Å².